The van der Waals surface area contributed by atoms with Gasteiger partial charge in [0.25, 0.3) is 0 Å². The Hall–Kier alpha value is -2.38. The van der Waals surface area contributed by atoms with Gasteiger partial charge in [-0.3, -0.25) is 0 Å². The molecule has 0 bridgehead atoms. The van der Waals surface area contributed by atoms with Crippen LogP contribution in [0.5, 0.6) is 0 Å². The minimum absolute atomic E-state index is 0.00141. The van der Waals surface area contributed by atoms with Crippen LogP contribution in [0.1, 0.15) is 25.5 Å². The summed E-state index contributed by atoms with van der Waals surface area (Å²) in [5.41, 5.74) is 2.79. The third-order valence-corrected chi connectivity index (χ3v) is 2.49. The van der Waals surface area contributed by atoms with E-state index in [9.17, 15) is 18.0 Å². The fourth-order valence-corrected chi connectivity index (χ4v) is 1.47. The number of pyridine rings is 1. The summed E-state index contributed by atoms with van der Waals surface area (Å²) >= 11 is 0. The summed E-state index contributed by atoms with van der Waals surface area (Å²) < 4.78 is 38.8. The maximum absolute atomic E-state index is 12.9. The average molecular weight is 301 g/mol. The second-order valence-electron chi connectivity index (χ2n) is 4.42. The zero-order chi connectivity index (χ0) is 16.2. The molecular formula is C13H14F3N3O2. The van der Waals surface area contributed by atoms with Gasteiger partial charge in [0.05, 0.1) is 0 Å². The highest BCUT2D eigenvalue weighted by molar-refractivity contribution is 6.21. The van der Waals surface area contributed by atoms with Crippen molar-refractivity contribution < 1.29 is 23.1 Å². The van der Waals surface area contributed by atoms with Crippen LogP contribution in [-0.2, 0) is 4.79 Å². The van der Waals surface area contributed by atoms with Crippen molar-refractivity contribution in [3.05, 3.63) is 35.7 Å². The van der Waals surface area contributed by atoms with Gasteiger partial charge in [-0.1, -0.05) is 19.9 Å². The SMILES string of the molecule is CC(C)c1cccc(/N=C(/C(=C\N)C(=O)O)C(F)(F)F)n1. The van der Waals surface area contributed by atoms with Crippen LogP contribution in [0.25, 0.3) is 0 Å². The number of carboxylic acid groups (broad SMARTS) is 1. The molecule has 0 aliphatic carbocycles. The molecule has 5 nitrogen and oxygen atoms in total. The van der Waals surface area contributed by atoms with Crippen LogP contribution in [0.3, 0.4) is 0 Å². The van der Waals surface area contributed by atoms with Gasteiger partial charge < -0.3 is 10.8 Å². The van der Waals surface area contributed by atoms with Gasteiger partial charge >= 0.3 is 12.1 Å². The lowest BCUT2D eigenvalue weighted by Crippen LogP contribution is -2.29. The fraction of sp³-hybridized carbons (Fsp3) is 0.308. The van der Waals surface area contributed by atoms with Crippen molar-refractivity contribution in [3.63, 3.8) is 0 Å². The molecule has 0 aliphatic heterocycles. The first kappa shape index (κ1) is 16.7. The van der Waals surface area contributed by atoms with Crippen LogP contribution in [-0.4, -0.2) is 27.9 Å². The Labute approximate surface area is 119 Å². The first-order valence-corrected chi connectivity index (χ1v) is 5.95. The van der Waals surface area contributed by atoms with Gasteiger partial charge in [0.1, 0.15) is 5.57 Å². The van der Waals surface area contributed by atoms with Crippen LogP contribution in [0, 0.1) is 0 Å². The molecule has 1 aromatic heterocycles. The number of rotatable bonds is 4. The zero-order valence-electron chi connectivity index (χ0n) is 11.3. The van der Waals surface area contributed by atoms with Crippen molar-refractivity contribution in [1.29, 1.82) is 0 Å². The molecule has 0 fully saturated rings. The summed E-state index contributed by atoms with van der Waals surface area (Å²) in [5.74, 6) is -2.04. The van der Waals surface area contributed by atoms with Gasteiger partial charge in [0.2, 0.25) is 0 Å². The van der Waals surface area contributed by atoms with Gasteiger partial charge in [-0.15, -0.1) is 0 Å². The van der Waals surface area contributed by atoms with Crippen LogP contribution in [0.2, 0.25) is 0 Å². The molecular weight excluding hydrogens is 287 g/mol. The first-order valence-electron chi connectivity index (χ1n) is 5.95. The summed E-state index contributed by atoms with van der Waals surface area (Å²) in [6.07, 6.45) is -4.60. The smallest absolute Gasteiger partial charge is 0.434 e. The molecule has 0 saturated carbocycles. The molecule has 3 N–H and O–H groups in total. The Balaban J connectivity index is 3.40. The third-order valence-electron chi connectivity index (χ3n) is 2.49. The third kappa shape index (κ3) is 4.30. The number of aromatic nitrogens is 1. The summed E-state index contributed by atoms with van der Waals surface area (Å²) in [6, 6.07) is 4.41. The Morgan fingerprint density at radius 1 is 1.43 bits per heavy atom. The normalized spacial score (nSPS) is 13.6. The van der Waals surface area contributed by atoms with E-state index in [1.165, 1.54) is 12.1 Å². The summed E-state index contributed by atoms with van der Waals surface area (Å²) in [7, 11) is 0. The molecule has 1 aromatic rings. The molecule has 0 aromatic carbocycles. The molecule has 114 valence electrons. The molecule has 0 aliphatic rings. The van der Waals surface area contributed by atoms with Crippen molar-refractivity contribution in [3.8, 4) is 0 Å². The maximum Gasteiger partial charge on any atom is 0.434 e. The molecule has 0 radical (unpaired) electrons. The van der Waals surface area contributed by atoms with E-state index in [0.717, 1.165) is 0 Å². The second kappa shape index (κ2) is 6.38. The van der Waals surface area contributed by atoms with E-state index < -0.39 is 23.4 Å². The maximum atomic E-state index is 12.9. The molecule has 0 amide bonds. The van der Waals surface area contributed by atoms with Gasteiger partial charge in [0.15, 0.2) is 11.5 Å². The molecule has 1 rings (SSSR count). The Bertz CT molecular complexity index is 593. The number of nitrogens with two attached hydrogens (primary N) is 1. The summed E-state index contributed by atoms with van der Waals surface area (Å²) in [5, 5.41) is 8.78. The molecule has 0 atom stereocenters. The number of carboxylic acids is 1. The number of hydrogen-bond acceptors (Lipinski definition) is 4. The quantitative estimate of drug-likeness (QED) is 0.661. The predicted octanol–water partition coefficient (Wildman–Crippen LogP) is 2.77. The lowest BCUT2D eigenvalue weighted by Gasteiger charge is -2.11. The van der Waals surface area contributed by atoms with Crippen molar-refractivity contribution in [1.82, 2.24) is 4.98 Å². The highest BCUT2D eigenvalue weighted by Crippen LogP contribution is 2.25. The van der Waals surface area contributed by atoms with Crippen molar-refractivity contribution >= 4 is 17.5 Å². The number of hydrogen-bond donors (Lipinski definition) is 2. The van der Waals surface area contributed by atoms with Crippen LogP contribution >= 0.6 is 0 Å². The average Bonchev–Trinajstić information content (AvgIpc) is 2.37. The molecule has 0 spiro atoms. The summed E-state index contributed by atoms with van der Waals surface area (Å²) in [4.78, 5) is 18.1. The molecule has 0 unspecified atom stereocenters. The second-order valence-corrected chi connectivity index (χ2v) is 4.42. The number of nitrogens with zero attached hydrogens (tertiary/aromatic N) is 2. The minimum atomic E-state index is -4.96. The molecule has 0 saturated heterocycles. The monoisotopic (exact) mass is 301 g/mol. The van der Waals surface area contributed by atoms with Gasteiger partial charge in [0, 0.05) is 11.9 Å². The number of aliphatic carboxylic acids is 1. The number of halogens is 3. The van der Waals surface area contributed by atoms with Crippen LogP contribution in [0.15, 0.2) is 35.0 Å². The number of alkyl halides is 3. The van der Waals surface area contributed by atoms with Crippen molar-refractivity contribution in [2.75, 3.05) is 0 Å². The first-order chi connectivity index (χ1) is 9.66. The van der Waals surface area contributed by atoms with Crippen molar-refractivity contribution in [2.45, 2.75) is 25.9 Å². The number of aliphatic imine (C=N–C) groups is 1. The number of carbonyl (C=O) groups is 1. The highest BCUT2D eigenvalue weighted by Gasteiger charge is 2.40. The van der Waals surface area contributed by atoms with Gasteiger partial charge in [-0.05, 0) is 18.1 Å². The lowest BCUT2D eigenvalue weighted by atomic mass is 10.1. The Morgan fingerprint density at radius 2 is 2.05 bits per heavy atom. The topological polar surface area (TPSA) is 88.6 Å². The van der Waals surface area contributed by atoms with E-state index in [4.69, 9.17) is 10.8 Å². The lowest BCUT2D eigenvalue weighted by molar-refractivity contribution is -0.132. The van der Waals surface area contributed by atoms with Crippen LogP contribution in [0.4, 0.5) is 19.0 Å². The van der Waals surface area contributed by atoms with Gasteiger partial charge in [-0.25, -0.2) is 14.8 Å². The molecule has 21 heavy (non-hydrogen) atoms. The minimum Gasteiger partial charge on any atom is -0.478 e. The predicted molar refractivity (Wildman–Crippen MR) is 71.4 cm³/mol. The van der Waals surface area contributed by atoms with E-state index in [1.807, 2.05) is 13.8 Å². The molecule has 1 heterocycles. The molecule has 8 heteroatoms. The van der Waals surface area contributed by atoms with E-state index >= 15 is 0 Å². The van der Waals surface area contributed by atoms with E-state index in [1.54, 1.807) is 6.07 Å². The van der Waals surface area contributed by atoms with E-state index in [-0.39, 0.29) is 11.7 Å². The van der Waals surface area contributed by atoms with Crippen LogP contribution < -0.4 is 5.73 Å². The van der Waals surface area contributed by atoms with E-state index in [0.29, 0.717) is 11.9 Å². The Morgan fingerprint density at radius 3 is 2.48 bits per heavy atom. The Kier molecular flexibility index (Phi) is 5.07. The van der Waals surface area contributed by atoms with Crippen molar-refractivity contribution in [2.24, 2.45) is 10.7 Å². The fourth-order valence-electron chi connectivity index (χ4n) is 1.47. The van der Waals surface area contributed by atoms with E-state index in [2.05, 4.69) is 9.98 Å². The standard InChI is InChI=1S/C13H14F3N3O2/c1-7(2)9-4-3-5-10(18-9)19-11(13(14,15)16)8(6-17)12(20)21/h3-7H,17H2,1-2H3,(H,20,21)/b8-6+,19-11-. The largest absolute Gasteiger partial charge is 0.478 e. The van der Waals surface area contributed by atoms with Gasteiger partial charge in [-0.2, -0.15) is 13.2 Å². The highest BCUT2D eigenvalue weighted by atomic mass is 19.4. The zero-order valence-corrected chi connectivity index (χ0v) is 11.3. The summed E-state index contributed by atoms with van der Waals surface area (Å²) in [6.45, 7) is 3.64.